The Labute approximate surface area is 89.7 Å². The van der Waals surface area contributed by atoms with E-state index in [9.17, 15) is 9.90 Å². The quantitative estimate of drug-likeness (QED) is 0.606. The van der Waals surface area contributed by atoms with Gasteiger partial charge in [-0.3, -0.25) is 4.79 Å². The minimum atomic E-state index is -1.23. The average Bonchev–Trinajstić information content (AvgIpc) is 2.73. The predicted molar refractivity (Wildman–Crippen MR) is 58.0 cm³/mol. The van der Waals surface area contributed by atoms with Gasteiger partial charge in [0.1, 0.15) is 0 Å². The van der Waals surface area contributed by atoms with E-state index in [1.807, 2.05) is 0 Å². The summed E-state index contributed by atoms with van der Waals surface area (Å²) in [6.07, 6.45) is 10.4. The van der Waals surface area contributed by atoms with Crippen LogP contribution in [0.15, 0.2) is 24.3 Å². The van der Waals surface area contributed by atoms with Crippen molar-refractivity contribution in [3.8, 4) is 11.8 Å². The van der Waals surface area contributed by atoms with Crippen LogP contribution in [0.1, 0.15) is 25.7 Å². The first-order chi connectivity index (χ1) is 7.18. The second kappa shape index (κ2) is 4.04. The average molecular weight is 202 g/mol. The molecule has 2 rings (SSSR count). The Hall–Kier alpha value is -1.33. The summed E-state index contributed by atoms with van der Waals surface area (Å²) < 4.78 is 0. The number of hydrogen-bond acceptors (Lipinski definition) is 2. The van der Waals surface area contributed by atoms with E-state index in [2.05, 4.69) is 11.8 Å². The molecule has 1 fully saturated rings. The molecule has 2 aliphatic rings. The van der Waals surface area contributed by atoms with Crippen molar-refractivity contribution in [2.45, 2.75) is 31.3 Å². The molecule has 2 nitrogen and oxygen atoms in total. The van der Waals surface area contributed by atoms with Crippen LogP contribution in [0, 0.1) is 17.8 Å². The van der Waals surface area contributed by atoms with Crippen molar-refractivity contribution >= 4 is 5.78 Å². The van der Waals surface area contributed by atoms with E-state index in [-0.39, 0.29) is 5.78 Å². The summed E-state index contributed by atoms with van der Waals surface area (Å²) in [7, 11) is 0. The van der Waals surface area contributed by atoms with Crippen molar-refractivity contribution in [1.82, 2.24) is 0 Å². The maximum absolute atomic E-state index is 10.9. The van der Waals surface area contributed by atoms with Gasteiger partial charge in [-0.2, -0.15) is 0 Å². The summed E-state index contributed by atoms with van der Waals surface area (Å²) in [4.78, 5) is 10.9. The Balaban J connectivity index is 2.07. The van der Waals surface area contributed by atoms with Gasteiger partial charge in [-0.1, -0.05) is 24.7 Å². The Morgan fingerprint density at radius 1 is 1.27 bits per heavy atom. The summed E-state index contributed by atoms with van der Waals surface area (Å²) in [5, 5.41) is 9.95. The van der Waals surface area contributed by atoms with Crippen LogP contribution < -0.4 is 0 Å². The van der Waals surface area contributed by atoms with E-state index in [4.69, 9.17) is 0 Å². The maximum atomic E-state index is 10.9. The minimum Gasteiger partial charge on any atom is -0.370 e. The standard InChI is InChI=1S/C13H14O2/c14-12-6-9-13(15,10-7-12)8-5-11-3-1-2-4-11/h6-7,9-11,15H,1-4H2. The second-order valence-corrected chi connectivity index (χ2v) is 4.15. The molecule has 2 heteroatoms. The molecule has 0 amide bonds. The van der Waals surface area contributed by atoms with E-state index >= 15 is 0 Å². The number of carbonyl (C=O) groups excluding carboxylic acids is 1. The minimum absolute atomic E-state index is 0.0951. The van der Waals surface area contributed by atoms with E-state index in [1.54, 1.807) is 0 Å². The van der Waals surface area contributed by atoms with Crippen LogP contribution >= 0.6 is 0 Å². The van der Waals surface area contributed by atoms with E-state index in [0.29, 0.717) is 5.92 Å². The first kappa shape index (κ1) is 10.2. The zero-order chi connectivity index (χ0) is 10.7. The summed E-state index contributed by atoms with van der Waals surface area (Å²) in [6.45, 7) is 0. The lowest BCUT2D eigenvalue weighted by atomic mass is 9.97. The van der Waals surface area contributed by atoms with Crippen molar-refractivity contribution in [2.24, 2.45) is 5.92 Å². The molecule has 0 spiro atoms. The van der Waals surface area contributed by atoms with Gasteiger partial charge in [0, 0.05) is 5.92 Å². The van der Waals surface area contributed by atoms with Crippen molar-refractivity contribution in [3.63, 3.8) is 0 Å². The molecule has 0 saturated heterocycles. The van der Waals surface area contributed by atoms with Gasteiger partial charge in [-0.15, -0.1) is 0 Å². The summed E-state index contributed by atoms with van der Waals surface area (Å²) >= 11 is 0. The Bertz CT molecular complexity index is 357. The smallest absolute Gasteiger partial charge is 0.178 e. The van der Waals surface area contributed by atoms with Gasteiger partial charge in [0.15, 0.2) is 11.4 Å². The van der Waals surface area contributed by atoms with Gasteiger partial charge in [0.2, 0.25) is 0 Å². The van der Waals surface area contributed by atoms with Crippen LogP contribution in [0.4, 0.5) is 0 Å². The molecule has 0 bridgehead atoms. The third-order valence-electron chi connectivity index (χ3n) is 2.84. The normalized spacial score (nSPS) is 23.9. The first-order valence-electron chi connectivity index (χ1n) is 5.35. The molecule has 0 aromatic rings. The van der Waals surface area contributed by atoms with Crippen molar-refractivity contribution in [2.75, 3.05) is 0 Å². The number of aliphatic hydroxyl groups is 1. The zero-order valence-corrected chi connectivity index (χ0v) is 8.57. The van der Waals surface area contributed by atoms with Crippen LogP contribution in [0.3, 0.4) is 0 Å². The summed E-state index contributed by atoms with van der Waals surface area (Å²) in [6, 6.07) is 0. The molecule has 15 heavy (non-hydrogen) atoms. The lowest BCUT2D eigenvalue weighted by Gasteiger charge is -2.15. The van der Waals surface area contributed by atoms with Gasteiger partial charge in [0.05, 0.1) is 0 Å². The molecule has 0 aliphatic heterocycles. The third-order valence-corrected chi connectivity index (χ3v) is 2.84. The lowest BCUT2D eigenvalue weighted by molar-refractivity contribution is -0.110. The van der Waals surface area contributed by atoms with Crippen molar-refractivity contribution in [1.29, 1.82) is 0 Å². The van der Waals surface area contributed by atoms with Crippen LogP contribution in [0.5, 0.6) is 0 Å². The number of carbonyl (C=O) groups is 1. The van der Waals surface area contributed by atoms with Crippen LogP contribution in [0.25, 0.3) is 0 Å². The highest BCUT2D eigenvalue weighted by Gasteiger charge is 2.20. The van der Waals surface area contributed by atoms with E-state index in [1.165, 1.54) is 37.1 Å². The summed E-state index contributed by atoms with van der Waals surface area (Å²) in [5.74, 6) is 6.26. The molecular weight excluding hydrogens is 188 g/mol. The van der Waals surface area contributed by atoms with Gasteiger partial charge >= 0.3 is 0 Å². The highest BCUT2D eigenvalue weighted by atomic mass is 16.3. The van der Waals surface area contributed by atoms with E-state index < -0.39 is 5.60 Å². The number of hydrogen-bond donors (Lipinski definition) is 1. The van der Waals surface area contributed by atoms with Crippen LogP contribution in [0.2, 0.25) is 0 Å². The van der Waals surface area contributed by atoms with Crippen molar-refractivity contribution < 1.29 is 9.90 Å². The molecular formula is C13H14O2. The Morgan fingerprint density at radius 2 is 1.87 bits per heavy atom. The molecule has 0 aromatic heterocycles. The van der Waals surface area contributed by atoms with Gasteiger partial charge in [-0.25, -0.2) is 0 Å². The third kappa shape index (κ3) is 2.57. The number of rotatable bonds is 0. The molecule has 0 unspecified atom stereocenters. The Morgan fingerprint density at radius 3 is 2.47 bits per heavy atom. The topological polar surface area (TPSA) is 37.3 Å². The largest absolute Gasteiger partial charge is 0.370 e. The van der Waals surface area contributed by atoms with Crippen molar-refractivity contribution in [3.05, 3.63) is 24.3 Å². The maximum Gasteiger partial charge on any atom is 0.178 e. The molecule has 0 heterocycles. The molecule has 0 atom stereocenters. The first-order valence-corrected chi connectivity index (χ1v) is 5.35. The van der Waals surface area contributed by atoms with Gasteiger partial charge in [0.25, 0.3) is 0 Å². The zero-order valence-electron chi connectivity index (χ0n) is 8.57. The summed E-state index contributed by atoms with van der Waals surface area (Å²) in [5.41, 5.74) is -1.23. The molecule has 1 N–H and O–H groups in total. The molecule has 78 valence electrons. The fourth-order valence-corrected chi connectivity index (χ4v) is 1.90. The van der Waals surface area contributed by atoms with Gasteiger partial charge < -0.3 is 5.11 Å². The fourth-order valence-electron chi connectivity index (χ4n) is 1.90. The van der Waals surface area contributed by atoms with Crippen LogP contribution in [-0.4, -0.2) is 16.5 Å². The molecule has 0 radical (unpaired) electrons. The number of ketones is 1. The van der Waals surface area contributed by atoms with Gasteiger partial charge in [-0.05, 0) is 37.1 Å². The highest BCUT2D eigenvalue weighted by molar-refractivity contribution is 6.00. The fraction of sp³-hybridized carbons (Fsp3) is 0.462. The Kier molecular flexibility index (Phi) is 2.75. The highest BCUT2D eigenvalue weighted by Crippen LogP contribution is 2.24. The SMILES string of the molecule is O=C1C=CC(O)(C#CC2CCCC2)C=C1. The molecule has 2 aliphatic carbocycles. The predicted octanol–water partition coefficient (Wildman–Crippen LogP) is 1.61. The second-order valence-electron chi connectivity index (χ2n) is 4.15. The molecule has 1 saturated carbocycles. The van der Waals surface area contributed by atoms with E-state index in [0.717, 1.165) is 12.8 Å². The van der Waals surface area contributed by atoms with Crippen LogP contribution in [-0.2, 0) is 4.79 Å². The lowest BCUT2D eigenvalue weighted by Crippen LogP contribution is -2.23. The monoisotopic (exact) mass is 202 g/mol. The molecule has 0 aromatic carbocycles. The number of allylic oxidation sites excluding steroid dienone is 2.